The Bertz CT molecular complexity index is 399. The Morgan fingerprint density at radius 2 is 2.06 bits per heavy atom. The van der Waals surface area contributed by atoms with Gasteiger partial charge in [-0.1, -0.05) is 6.92 Å². The molecule has 1 aliphatic heterocycles. The van der Waals surface area contributed by atoms with Gasteiger partial charge in [-0.15, -0.1) is 0 Å². The molecule has 1 aromatic rings. The van der Waals surface area contributed by atoms with Crippen LogP contribution in [0.25, 0.3) is 0 Å². The average Bonchev–Trinajstić information content (AvgIpc) is 2.40. The fraction of sp³-hybridized carbons (Fsp3) is 0.538. The number of hydrogen-bond donors (Lipinski definition) is 0. The third-order valence-electron chi connectivity index (χ3n) is 3.15. The maximum absolute atomic E-state index is 12.2. The Morgan fingerprint density at radius 3 is 2.61 bits per heavy atom. The van der Waals surface area contributed by atoms with Crippen molar-refractivity contribution in [3.05, 3.63) is 28.5 Å². The third-order valence-corrected chi connectivity index (χ3v) is 3.61. The van der Waals surface area contributed by atoms with Crippen LogP contribution in [0.15, 0.2) is 22.8 Å². The molecular weight excluding hydrogens is 294 g/mol. The first kappa shape index (κ1) is 13.5. The molecule has 0 unspecified atom stereocenters. The topological polar surface area (TPSA) is 36.4 Å². The van der Waals surface area contributed by atoms with Crippen molar-refractivity contribution in [3.63, 3.8) is 0 Å². The number of piperazine rings is 1. The number of halogens is 1. The van der Waals surface area contributed by atoms with Crippen LogP contribution >= 0.6 is 15.9 Å². The van der Waals surface area contributed by atoms with Gasteiger partial charge in [0, 0.05) is 36.8 Å². The van der Waals surface area contributed by atoms with Crippen LogP contribution in [0.3, 0.4) is 0 Å². The summed E-state index contributed by atoms with van der Waals surface area (Å²) in [7, 11) is 0. The molecule has 1 amide bonds. The second kappa shape index (κ2) is 6.29. The number of nitrogens with zero attached hydrogens (tertiary/aromatic N) is 3. The standard InChI is InChI=1S/C13H18BrN3O/c1-2-5-16-6-8-17(9-7-16)13(18)12-4-3-11(14)10-15-12/h3-4,10H,2,5-9H2,1H3. The molecule has 2 rings (SSSR count). The van der Waals surface area contributed by atoms with Gasteiger partial charge in [-0.25, -0.2) is 4.98 Å². The van der Waals surface area contributed by atoms with Crippen LogP contribution in [0.2, 0.25) is 0 Å². The summed E-state index contributed by atoms with van der Waals surface area (Å²) in [6.45, 7) is 6.85. The van der Waals surface area contributed by atoms with Crippen molar-refractivity contribution in [1.29, 1.82) is 0 Å². The zero-order valence-electron chi connectivity index (χ0n) is 10.6. The average molecular weight is 312 g/mol. The number of rotatable bonds is 3. The summed E-state index contributed by atoms with van der Waals surface area (Å²) in [5, 5.41) is 0. The number of carbonyl (C=O) groups excluding carboxylic acids is 1. The van der Waals surface area contributed by atoms with Gasteiger partial charge in [-0.05, 0) is 41.0 Å². The number of hydrogen-bond acceptors (Lipinski definition) is 3. The minimum absolute atomic E-state index is 0.0404. The summed E-state index contributed by atoms with van der Waals surface area (Å²) in [4.78, 5) is 20.7. The molecule has 1 saturated heterocycles. The van der Waals surface area contributed by atoms with Crippen LogP contribution in [-0.2, 0) is 0 Å². The number of aromatic nitrogens is 1. The fourth-order valence-electron chi connectivity index (χ4n) is 2.16. The van der Waals surface area contributed by atoms with Crippen LogP contribution in [0.5, 0.6) is 0 Å². The van der Waals surface area contributed by atoms with E-state index < -0.39 is 0 Å². The Labute approximate surface area is 116 Å². The SMILES string of the molecule is CCCN1CCN(C(=O)c2ccc(Br)cn2)CC1. The Hall–Kier alpha value is -0.940. The highest BCUT2D eigenvalue weighted by Crippen LogP contribution is 2.11. The van der Waals surface area contributed by atoms with Gasteiger partial charge in [0.15, 0.2) is 0 Å². The molecule has 5 heteroatoms. The molecule has 0 N–H and O–H groups in total. The van der Waals surface area contributed by atoms with Crippen molar-refractivity contribution in [2.45, 2.75) is 13.3 Å². The number of pyridine rings is 1. The third kappa shape index (κ3) is 3.29. The minimum atomic E-state index is 0.0404. The molecule has 2 heterocycles. The smallest absolute Gasteiger partial charge is 0.272 e. The van der Waals surface area contributed by atoms with Crippen LogP contribution in [0.1, 0.15) is 23.8 Å². The lowest BCUT2D eigenvalue weighted by molar-refractivity contribution is 0.0631. The molecule has 0 radical (unpaired) electrons. The molecule has 0 bridgehead atoms. The second-order valence-electron chi connectivity index (χ2n) is 4.50. The van der Waals surface area contributed by atoms with Gasteiger partial charge in [0.25, 0.3) is 5.91 Å². The van der Waals surface area contributed by atoms with E-state index in [-0.39, 0.29) is 5.91 Å². The molecule has 18 heavy (non-hydrogen) atoms. The van der Waals surface area contributed by atoms with E-state index in [1.807, 2.05) is 11.0 Å². The Morgan fingerprint density at radius 1 is 1.33 bits per heavy atom. The lowest BCUT2D eigenvalue weighted by atomic mass is 10.2. The van der Waals surface area contributed by atoms with Gasteiger partial charge in [-0.2, -0.15) is 0 Å². The summed E-state index contributed by atoms with van der Waals surface area (Å²) in [6.07, 6.45) is 2.84. The quantitative estimate of drug-likeness (QED) is 0.857. The maximum atomic E-state index is 12.2. The van der Waals surface area contributed by atoms with Gasteiger partial charge in [-0.3, -0.25) is 9.69 Å². The van der Waals surface area contributed by atoms with Crippen LogP contribution in [-0.4, -0.2) is 53.4 Å². The van der Waals surface area contributed by atoms with E-state index in [2.05, 4.69) is 32.7 Å². The Kier molecular flexibility index (Phi) is 4.72. The zero-order chi connectivity index (χ0) is 13.0. The first-order chi connectivity index (χ1) is 8.70. The highest BCUT2D eigenvalue weighted by atomic mass is 79.9. The van der Waals surface area contributed by atoms with E-state index in [0.29, 0.717) is 5.69 Å². The molecule has 1 aliphatic rings. The molecule has 0 atom stereocenters. The maximum Gasteiger partial charge on any atom is 0.272 e. The van der Waals surface area contributed by atoms with E-state index in [4.69, 9.17) is 0 Å². The van der Waals surface area contributed by atoms with Gasteiger partial charge < -0.3 is 4.90 Å². The van der Waals surface area contributed by atoms with Crippen LogP contribution < -0.4 is 0 Å². The Balaban J connectivity index is 1.93. The molecule has 0 spiro atoms. The van der Waals surface area contributed by atoms with E-state index in [1.54, 1.807) is 12.3 Å². The normalized spacial score (nSPS) is 16.9. The first-order valence-electron chi connectivity index (χ1n) is 6.34. The van der Waals surface area contributed by atoms with Crippen molar-refractivity contribution < 1.29 is 4.79 Å². The van der Waals surface area contributed by atoms with Crippen molar-refractivity contribution in [2.75, 3.05) is 32.7 Å². The fourth-order valence-corrected chi connectivity index (χ4v) is 2.39. The lowest BCUT2D eigenvalue weighted by Crippen LogP contribution is -2.48. The predicted molar refractivity (Wildman–Crippen MR) is 74.6 cm³/mol. The summed E-state index contributed by atoms with van der Waals surface area (Å²) in [5.74, 6) is 0.0404. The monoisotopic (exact) mass is 311 g/mol. The summed E-state index contributed by atoms with van der Waals surface area (Å²) in [5.41, 5.74) is 0.530. The van der Waals surface area contributed by atoms with E-state index in [9.17, 15) is 4.79 Å². The van der Waals surface area contributed by atoms with Crippen molar-refractivity contribution in [3.8, 4) is 0 Å². The summed E-state index contributed by atoms with van der Waals surface area (Å²) >= 11 is 3.32. The highest BCUT2D eigenvalue weighted by molar-refractivity contribution is 9.10. The molecule has 1 fully saturated rings. The predicted octanol–water partition coefficient (Wildman–Crippen LogP) is 2.01. The largest absolute Gasteiger partial charge is 0.335 e. The molecule has 98 valence electrons. The van der Waals surface area contributed by atoms with Crippen LogP contribution in [0.4, 0.5) is 0 Å². The van der Waals surface area contributed by atoms with Crippen molar-refractivity contribution in [1.82, 2.24) is 14.8 Å². The summed E-state index contributed by atoms with van der Waals surface area (Å²) < 4.78 is 0.895. The molecule has 1 aromatic heterocycles. The molecule has 4 nitrogen and oxygen atoms in total. The van der Waals surface area contributed by atoms with Gasteiger partial charge in [0.2, 0.25) is 0 Å². The van der Waals surface area contributed by atoms with Gasteiger partial charge >= 0.3 is 0 Å². The number of amides is 1. The van der Waals surface area contributed by atoms with E-state index in [1.165, 1.54) is 6.42 Å². The second-order valence-corrected chi connectivity index (χ2v) is 5.41. The summed E-state index contributed by atoms with van der Waals surface area (Å²) in [6, 6.07) is 3.62. The van der Waals surface area contributed by atoms with Crippen molar-refractivity contribution in [2.24, 2.45) is 0 Å². The highest BCUT2D eigenvalue weighted by Gasteiger charge is 2.22. The molecular formula is C13H18BrN3O. The number of carbonyl (C=O) groups is 1. The molecule has 0 aliphatic carbocycles. The van der Waals surface area contributed by atoms with E-state index >= 15 is 0 Å². The molecule has 0 saturated carbocycles. The molecule has 0 aromatic carbocycles. The van der Waals surface area contributed by atoms with Crippen LogP contribution in [0, 0.1) is 0 Å². The van der Waals surface area contributed by atoms with Gasteiger partial charge in [0.05, 0.1) is 0 Å². The first-order valence-corrected chi connectivity index (χ1v) is 7.13. The lowest BCUT2D eigenvalue weighted by Gasteiger charge is -2.34. The van der Waals surface area contributed by atoms with Crippen molar-refractivity contribution >= 4 is 21.8 Å². The van der Waals surface area contributed by atoms with Gasteiger partial charge in [0.1, 0.15) is 5.69 Å². The zero-order valence-corrected chi connectivity index (χ0v) is 12.2. The van der Waals surface area contributed by atoms with E-state index in [0.717, 1.165) is 37.2 Å². The minimum Gasteiger partial charge on any atom is -0.335 e.